The highest BCUT2D eigenvalue weighted by Crippen LogP contribution is 2.29. The number of nitrogens with zero attached hydrogens (tertiary/aromatic N) is 1. The van der Waals surface area contributed by atoms with Gasteiger partial charge in [-0.2, -0.15) is 0 Å². The summed E-state index contributed by atoms with van der Waals surface area (Å²) in [5.74, 6) is -0.987. The Morgan fingerprint density at radius 1 is 1.17 bits per heavy atom. The Morgan fingerprint density at radius 2 is 1.87 bits per heavy atom. The van der Waals surface area contributed by atoms with Crippen molar-refractivity contribution in [1.82, 2.24) is 10.3 Å². The molecule has 2 N–H and O–H groups in total. The quantitative estimate of drug-likeness (QED) is 0.498. The molecule has 0 bridgehead atoms. The SMILES string of the molecule is CCCC(NC(=O)[CH]CS(=O)(=O)Cc1ccccc1)C(O)c1nc2ccccc2s1. The van der Waals surface area contributed by atoms with E-state index in [9.17, 15) is 18.3 Å². The molecule has 30 heavy (non-hydrogen) atoms. The van der Waals surface area contributed by atoms with Crippen LogP contribution in [-0.2, 0) is 20.4 Å². The average Bonchev–Trinajstić information content (AvgIpc) is 3.16. The number of sulfone groups is 1. The Bertz CT molecular complexity index is 1050. The number of aliphatic hydroxyl groups excluding tert-OH is 1. The molecule has 1 heterocycles. The summed E-state index contributed by atoms with van der Waals surface area (Å²) in [6.45, 7) is 1.96. The van der Waals surface area contributed by atoms with Crippen LogP contribution in [0.1, 0.15) is 36.4 Å². The van der Waals surface area contributed by atoms with E-state index in [0.717, 1.165) is 23.1 Å². The molecule has 3 aromatic rings. The van der Waals surface area contributed by atoms with Crippen LogP contribution in [0.15, 0.2) is 54.6 Å². The molecule has 2 unspecified atom stereocenters. The summed E-state index contributed by atoms with van der Waals surface area (Å²) in [5, 5.41) is 14.1. The second-order valence-electron chi connectivity index (χ2n) is 7.11. The Balaban J connectivity index is 1.60. The first-order valence-electron chi connectivity index (χ1n) is 9.79. The third-order valence-corrected chi connectivity index (χ3v) is 7.18. The minimum Gasteiger partial charge on any atom is -0.384 e. The van der Waals surface area contributed by atoms with Crippen LogP contribution < -0.4 is 5.32 Å². The first-order chi connectivity index (χ1) is 14.4. The maximum Gasteiger partial charge on any atom is 0.225 e. The number of aromatic nitrogens is 1. The number of hydrogen-bond acceptors (Lipinski definition) is 6. The number of para-hydroxylation sites is 1. The van der Waals surface area contributed by atoms with Crippen molar-refractivity contribution in [2.24, 2.45) is 0 Å². The number of benzene rings is 2. The van der Waals surface area contributed by atoms with Gasteiger partial charge < -0.3 is 10.4 Å². The van der Waals surface area contributed by atoms with E-state index in [1.54, 1.807) is 24.3 Å². The molecule has 1 amide bonds. The molecular weight excluding hydrogens is 420 g/mol. The number of carbonyl (C=O) groups is 1. The van der Waals surface area contributed by atoms with Gasteiger partial charge in [0, 0.05) is 0 Å². The number of amides is 1. The first kappa shape index (κ1) is 22.4. The first-order valence-corrected chi connectivity index (χ1v) is 12.4. The van der Waals surface area contributed by atoms with Gasteiger partial charge in [0.2, 0.25) is 5.91 Å². The number of hydrogen-bond donors (Lipinski definition) is 2. The van der Waals surface area contributed by atoms with Gasteiger partial charge in [0.25, 0.3) is 0 Å². The summed E-state index contributed by atoms with van der Waals surface area (Å²) < 4.78 is 25.6. The molecule has 159 valence electrons. The normalized spacial score (nSPS) is 13.8. The summed E-state index contributed by atoms with van der Waals surface area (Å²) in [6.07, 6.45) is 1.47. The lowest BCUT2D eigenvalue weighted by molar-refractivity contribution is -0.119. The molecule has 2 aromatic carbocycles. The van der Waals surface area contributed by atoms with Crippen molar-refractivity contribution in [2.75, 3.05) is 5.75 Å². The predicted molar refractivity (Wildman–Crippen MR) is 120 cm³/mol. The highest BCUT2D eigenvalue weighted by atomic mass is 32.2. The van der Waals surface area contributed by atoms with Gasteiger partial charge in [0.1, 0.15) is 11.1 Å². The van der Waals surface area contributed by atoms with Crippen molar-refractivity contribution < 1.29 is 18.3 Å². The molecule has 0 aliphatic rings. The molecule has 3 rings (SSSR count). The molecule has 2 atom stereocenters. The molecule has 8 heteroatoms. The second-order valence-corrected chi connectivity index (χ2v) is 10.3. The molecule has 0 aliphatic heterocycles. The predicted octanol–water partition coefficient (Wildman–Crippen LogP) is 3.43. The summed E-state index contributed by atoms with van der Waals surface area (Å²) in [7, 11) is -3.46. The van der Waals surface area contributed by atoms with E-state index in [0.29, 0.717) is 17.0 Å². The molecule has 0 aliphatic carbocycles. The van der Waals surface area contributed by atoms with E-state index in [2.05, 4.69) is 10.3 Å². The molecule has 0 saturated heterocycles. The molecule has 1 aromatic heterocycles. The zero-order valence-corrected chi connectivity index (χ0v) is 18.3. The van der Waals surface area contributed by atoms with Gasteiger partial charge in [-0.1, -0.05) is 55.8 Å². The number of carbonyl (C=O) groups excluding carboxylic acids is 1. The lowest BCUT2D eigenvalue weighted by Gasteiger charge is -2.22. The van der Waals surface area contributed by atoms with E-state index in [1.165, 1.54) is 11.3 Å². The van der Waals surface area contributed by atoms with Crippen LogP contribution in [0.5, 0.6) is 0 Å². The van der Waals surface area contributed by atoms with Crippen LogP contribution in [0, 0.1) is 6.42 Å². The van der Waals surface area contributed by atoms with Gasteiger partial charge in [-0.25, -0.2) is 13.4 Å². The Hall–Kier alpha value is -2.29. The van der Waals surface area contributed by atoms with E-state index in [-0.39, 0.29) is 11.5 Å². The van der Waals surface area contributed by atoms with E-state index < -0.39 is 27.9 Å². The zero-order chi connectivity index (χ0) is 21.6. The molecule has 0 saturated carbocycles. The second kappa shape index (κ2) is 10.1. The van der Waals surface area contributed by atoms with Crippen molar-refractivity contribution >= 4 is 37.3 Å². The fourth-order valence-electron chi connectivity index (χ4n) is 3.14. The average molecular weight is 446 g/mol. The number of nitrogens with one attached hydrogen (secondary N) is 1. The van der Waals surface area contributed by atoms with Crippen LogP contribution in [0.4, 0.5) is 0 Å². The number of aliphatic hydroxyl groups is 1. The van der Waals surface area contributed by atoms with Crippen molar-refractivity contribution in [3.8, 4) is 0 Å². The number of fused-ring (bicyclic) bond motifs is 1. The van der Waals surface area contributed by atoms with Gasteiger partial charge in [0.05, 0.1) is 34.2 Å². The van der Waals surface area contributed by atoms with Crippen molar-refractivity contribution in [3.05, 3.63) is 71.6 Å². The molecule has 1 radical (unpaired) electrons. The largest absolute Gasteiger partial charge is 0.384 e. The summed E-state index contributed by atoms with van der Waals surface area (Å²) in [5.41, 5.74) is 1.48. The highest BCUT2D eigenvalue weighted by Gasteiger charge is 2.26. The van der Waals surface area contributed by atoms with Gasteiger partial charge in [0.15, 0.2) is 9.84 Å². The van der Waals surface area contributed by atoms with Gasteiger partial charge in [-0.3, -0.25) is 4.79 Å². The third kappa shape index (κ3) is 6.10. The third-order valence-electron chi connectivity index (χ3n) is 4.62. The molecule has 0 spiro atoms. The molecule has 0 fully saturated rings. The smallest absolute Gasteiger partial charge is 0.225 e. The fraction of sp³-hybridized carbons (Fsp3) is 0.318. The van der Waals surface area contributed by atoms with Crippen LogP contribution >= 0.6 is 11.3 Å². The highest BCUT2D eigenvalue weighted by molar-refractivity contribution is 7.90. The minimum atomic E-state index is -3.46. The maximum absolute atomic E-state index is 12.4. The summed E-state index contributed by atoms with van der Waals surface area (Å²) >= 11 is 1.39. The van der Waals surface area contributed by atoms with E-state index in [4.69, 9.17) is 0 Å². The maximum atomic E-state index is 12.4. The van der Waals surface area contributed by atoms with Gasteiger partial charge in [-0.05, 0) is 24.1 Å². The van der Waals surface area contributed by atoms with Crippen molar-refractivity contribution in [3.63, 3.8) is 0 Å². The number of thiazole rings is 1. The van der Waals surface area contributed by atoms with E-state index >= 15 is 0 Å². The van der Waals surface area contributed by atoms with Crippen LogP contribution in [0.2, 0.25) is 0 Å². The van der Waals surface area contributed by atoms with Crippen molar-refractivity contribution in [2.45, 2.75) is 37.7 Å². The topological polar surface area (TPSA) is 96.4 Å². The lowest BCUT2D eigenvalue weighted by atomic mass is 10.1. The van der Waals surface area contributed by atoms with Crippen LogP contribution in [-0.4, -0.2) is 36.2 Å². The van der Waals surface area contributed by atoms with Crippen LogP contribution in [0.25, 0.3) is 10.2 Å². The Morgan fingerprint density at radius 3 is 2.57 bits per heavy atom. The van der Waals surface area contributed by atoms with Gasteiger partial charge >= 0.3 is 0 Å². The zero-order valence-electron chi connectivity index (χ0n) is 16.7. The fourth-order valence-corrected chi connectivity index (χ4v) is 5.38. The summed E-state index contributed by atoms with van der Waals surface area (Å²) in [4.78, 5) is 16.8. The van der Waals surface area contributed by atoms with Gasteiger partial charge in [-0.15, -0.1) is 11.3 Å². The van der Waals surface area contributed by atoms with Crippen molar-refractivity contribution in [1.29, 1.82) is 0 Å². The Kier molecular flexibility index (Phi) is 7.58. The van der Waals surface area contributed by atoms with Crippen LogP contribution in [0.3, 0.4) is 0 Å². The summed E-state index contributed by atoms with van der Waals surface area (Å²) in [6, 6.07) is 15.9. The minimum absolute atomic E-state index is 0.121. The monoisotopic (exact) mass is 445 g/mol. The lowest BCUT2D eigenvalue weighted by Crippen LogP contribution is -2.40. The van der Waals surface area contributed by atoms with E-state index in [1.807, 2.05) is 37.3 Å². The molecular formula is C22H25N2O4S2. The molecule has 6 nitrogen and oxygen atoms in total. The Labute approximate surface area is 180 Å². The number of rotatable bonds is 10. The standard InChI is InChI=1S/C22H25N2O4S2/c1-2-8-18(21(26)22-24-17-11-6-7-12-19(17)29-22)23-20(25)13-14-30(27,28)15-16-9-4-3-5-10-16/h3-7,9-13,18,21,26H,2,8,14-15H2,1H3,(H,23,25).